The van der Waals surface area contributed by atoms with E-state index < -0.39 is 5.60 Å². The fourth-order valence-corrected chi connectivity index (χ4v) is 4.65. The van der Waals surface area contributed by atoms with Crippen LogP contribution >= 0.6 is 0 Å². The molecule has 0 fully saturated rings. The molecule has 5 rings (SSSR count). The molecule has 3 aromatic carbocycles. The summed E-state index contributed by atoms with van der Waals surface area (Å²) in [4.78, 5) is 18.9. The number of ether oxygens (including phenoxy) is 1. The lowest BCUT2D eigenvalue weighted by Gasteiger charge is -2.24. The Kier molecular flexibility index (Phi) is 7.15. The Morgan fingerprint density at radius 1 is 1.00 bits per heavy atom. The summed E-state index contributed by atoms with van der Waals surface area (Å²) >= 11 is 0. The highest BCUT2D eigenvalue weighted by Gasteiger charge is 2.21. The maximum atomic E-state index is 13.9. The molecule has 0 unspecified atom stereocenters. The molecule has 8 heteroatoms. The summed E-state index contributed by atoms with van der Waals surface area (Å²) in [5.74, 6) is 1.30. The average molecular weight is 509 g/mol. The normalized spacial score (nSPS) is 11.8. The van der Waals surface area contributed by atoms with Crippen LogP contribution in [0.2, 0.25) is 0 Å². The van der Waals surface area contributed by atoms with E-state index >= 15 is 0 Å². The largest absolute Gasteiger partial charge is 0.374 e. The summed E-state index contributed by atoms with van der Waals surface area (Å²) in [6, 6.07) is 22.1. The van der Waals surface area contributed by atoms with Crippen LogP contribution in [0.4, 0.5) is 0 Å². The molecule has 0 aliphatic heterocycles. The monoisotopic (exact) mass is 508 g/mol. The Morgan fingerprint density at radius 3 is 2.53 bits per heavy atom. The highest BCUT2D eigenvalue weighted by molar-refractivity contribution is 5.81. The zero-order chi connectivity index (χ0) is 26.7. The minimum absolute atomic E-state index is 0.0527. The third-order valence-corrected chi connectivity index (χ3v) is 7.09. The SMILES string of the molecule is CCCCc1nc2ccc(C(C)(C)OC)cc2c(=O)n1Cc1ccc(-c2ccccc2)c(-c2nn[nH]n2)c1. The molecule has 0 aliphatic carbocycles. The van der Waals surface area contributed by atoms with E-state index in [-0.39, 0.29) is 5.56 Å². The molecule has 0 amide bonds. The number of aromatic amines is 1. The highest BCUT2D eigenvalue weighted by atomic mass is 16.5. The van der Waals surface area contributed by atoms with Crippen LogP contribution in [0.1, 0.15) is 50.6 Å². The van der Waals surface area contributed by atoms with Crippen LogP contribution in [0.5, 0.6) is 0 Å². The van der Waals surface area contributed by atoms with E-state index in [1.165, 1.54) is 0 Å². The van der Waals surface area contributed by atoms with Gasteiger partial charge in [0.15, 0.2) is 0 Å². The van der Waals surface area contributed by atoms with E-state index in [0.29, 0.717) is 23.3 Å². The number of hydrogen-bond acceptors (Lipinski definition) is 6. The predicted octanol–water partition coefficient (Wildman–Crippen LogP) is 5.52. The van der Waals surface area contributed by atoms with Gasteiger partial charge in [-0.2, -0.15) is 5.21 Å². The van der Waals surface area contributed by atoms with Crippen molar-refractivity contribution in [3.63, 3.8) is 0 Å². The number of methoxy groups -OCH3 is 1. The molecule has 38 heavy (non-hydrogen) atoms. The molecule has 194 valence electrons. The zero-order valence-electron chi connectivity index (χ0n) is 22.2. The fraction of sp³-hybridized carbons (Fsp3) is 0.300. The topological polar surface area (TPSA) is 98.6 Å². The number of hydrogen-bond donors (Lipinski definition) is 1. The van der Waals surface area contributed by atoms with E-state index in [9.17, 15) is 4.79 Å². The second-order valence-corrected chi connectivity index (χ2v) is 9.95. The van der Waals surface area contributed by atoms with Crippen LogP contribution in [0.15, 0.2) is 71.5 Å². The van der Waals surface area contributed by atoms with E-state index in [1.54, 1.807) is 11.7 Å². The van der Waals surface area contributed by atoms with Crippen LogP contribution in [-0.2, 0) is 23.3 Å². The van der Waals surface area contributed by atoms with Crippen molar-refractivity contribution in [1.29, 1.82) is 0 Å². The predicted molar refractivity (Wildman–Crippen MR) is 149 cm³/mol. The van der Waals surface area contributed by atoms with Crippen LogP contribution in [0.25, 0.3) is 33.4 Å². The maximum absolute atomic E-state index is 13.9. The third kappa shape index (κ3) is 4.99. The quantitative estimate of drug-likeness (QED) is 0.282. The first kappa shape index (κ1) is 25.5. The van der Waals surface area contributed by atoms with Gasteiger partial charge in [0.25, 0.3) is 5.56 Å². The number of nitrogens with one attached hydrogen (secondary N) is 1. The van der Waals surface area contributed by atoms with Crippen molar-refractivity contribution in [2.75, 3.05) is 7.11 Å². The Hall–Kier alpha value is -4.17. The van der Waals surface area contributed by atoms with Crippen molar-refractivity contribution in [3.05, 3.63) is 94.0 Å². The van der Waals surface area contributed by atoms with Gasteiger partial charge < -0.3 is 4.74 Å². The van der Waals surface area contributed by atoms with Gasteiger partial charge in [-0.1, -0.05) is 61.9 Å². The van der Waals surface area contributed by atoms with Crippen molar-refractivity contribution in [2.45, 2.75) is 52.2 Å². The van der Waals surface area contributed by atoms with Gasteiger partial charge in [0.2, 0.25) is 5.82 Å². The molecule has 0 atom stereocenters. The Labute approximate surface area is 221 Å². The molecule has 0 aliphatic rings. The van der Waals surface area contributed by atoms with Gasteiger partial charge in [-0.3, -0.25) is 9.36 Å². The summed E-state index contributed by atoms with van der Waals surface area (Å²) < 4.78 is 7.47. The molecule has 8 nitrogen and oxygen atoms in total. The first-order valence-corrected chi connectivity index (χ1v) is 12.9. The zero-order valence-corrected chi connectivity index (χ0v) is 22.2. The fourth-order valence-electron chi connectivity index (χ4n) is 4.65. The summed E-state index contributed by atoms with van der Waals surface area (Å²) in [5, 5.41) is 15.4. The summed E-state index contributed by atoms with van der Waals surface area (Å²) in [6.07, 6.45) is 2.70. The van der Waals surface area contributed by atoms with Crippen molar-refractivity contribution < 1.29 is 4.74 Å². The minimum atomic E-state index is -0.515. The molecule has 1 N–H and O–H groups in total. The number of rotatable bonds is 9. The first-order valence-electron chi connectivity index (χ1n) is 12.9. The maximum Gasteiger partial charge on any atom is 0.261 e. The first-order chi connectivity index (χ1) is 18.4. The van der Waals surface area contributed by atoms with E-state index in [4.69, 9.17) is 9.72 Å². The van der Waals surface area contributed by atoms with Gasteiger partial charge in [0.1, 0.15) is 5.82 Å². The number of tetrazole rings is 1. The molecule has 2 aromatic heterocycles. The van der Waals surface area contributed by atoms with E-state index in [1.807, 2.05) is 56.3 Å². The van der Waals surface area contributed by atoms with E-state index in [2.05, 4.69) is 51.8 Å². The number of benzene rings is 3. The lowest BCUT2D eigenvalue weighted by atomic mass is 9.96. The van der Waals surface area contributed by atoms with Gasteiger partial charge in [-0.15, -0.1) is 10.2 Å². The minimum Gasteiger partial charge on any atom is -0.374 e. The Bertz CT molecular complexity index is 1610. The van der Waals surface area contributed by atoms with E-state index in [0.717, 1.165) is 52.9 Å². The number of H-pyrrole nitrogens is 1. The number of fused-ring (bicyclic) bond motifs is 1. The molecule has 2 heterocycles. The second-order valence-electron chi connectivity index (χ2n) is 9.95. The summed E-state index contributed by atoms with van der Waals surface area (Å²) in [5.41, 5.74) is 4.94. The second kappa shape index (κ2) is 10.7. The highest BCUT2D eigenvalue weighted by Crippen LogP contribution is 2.31. The van der Waals surface area contributed by atoms with Crippen molar-refractivity contribution >= 4 is 10.9 Å². The number of aromatic nitrogens is 6. The van der Waals surface area contributed by atoms with Gasteiger partial charge in [0, 0.05) is 19.1 Å². The lowest BCUT2D eigenvalue weighted by molar-refractivity contribution is 0.0193. The molecule has 0 radical (unpaired) electrons. The lowest BCUT2D eigenvalue weighted by Crippen LogP contribution is -2.27. The average Bonchev–Trinajstić information content (AvgIpc) is 3.49. The van der Waals surface area contributed by atoms with Crippen LogP contribution < -0.4 is 5.56 Å². The Morgan fingerprint density at radius 2 is 1.82 bits per heavy atom. The molecule has 5 aromatic rings. The smallest absolute Gasteiger partial charge is 0.261 e. The summed E-state index contributed by atoms with van der Waals surface area (Å²) in [7, 11) is 1.68. The van der Waals surface area contributed by atoms with Gasteiger partial charge in [-0.25, -0.2) is 4.98 Å². The van der Waals surface area contributed by atoms with Gasteiger partial charge in [-0.05, 0) is 65.9 Å². The number of aryl methyl sites for hydroxylation is 1. The van der Waals surface area contributed by atoms with Crippen LogP contribution in [-0.4, -0.2) is 37.3 Å². The van der Waals surface area contributed by atoms with Crippen LogP contribution in [0, 0.1) is 0 Å². The molecule has 0 bridgehead atoms. The molecule has 0 saturated carbocycles. The third-order valence-electron chi connectivity index (χ3n) is 7.09. The molecule has 0 saturated heterocycles. The standard InChI is InChI=1S/C30H32N6O2/c1-5-6-12-27-31-26-16-14-22(30(2,3)38-4)18-25(26)29(37)36(27)19-20-13-15-23(21-10-8-7-9-11-21)24(17-20)28-32-34-35-33-28/h7-11,13-18H,5-6,12,19H2,1-4H3,(H,32,33,34,35). The Balaban J connectivity index is 1.63. The van der Waals surface area contributed by atoms with Crippen molar-refractivity contribution in [1.82, 2.24) is 30.2 Å². The van der Waals surface area contributed by atoms with Gasteiger partial charge >= 0.3 is 0 Å². The molecular weight excluding hydrogens is 476 g/mol. The molecule has 0 spiro atoms. The number of unbranched alkanes of at least 4 members (excludes halogenated alkanes) is 1. The van der Waals surface area contributed by atoms with Gasteiger partial charge in [0.05, 0.1) is 23.0 Å². The summed E-state index contributed by atoms with van der Waals surface area (Å²) in [6.45, 7) is 6.51. The van der Waals surface area contributed by atoms with Crippen molar-refractivity contribution in [2.24, 2.45) is 0 Å². The number of nitrogens with zero attached hydrogens (tertiary/aromatic N) is 5. The van der Waals surface area contributed by atoms with Crippen LogP contribution in [0.3, 0.4) is 0 Å². The van der Waals surface area contributed by atoms with Crippen molar-refractivity contribution in [3.8, 4) is 22.5 Å². The molecular formula is C30H32N6O2.